The second-order valence-electron chi connectivity index (χ2n) is 10.2. The van der Waals surface area contributed by atoms with Crippen molar-refractivity contribution in [1.29, 1.82) is 0 Å². The molecule has 8 nitrogen and oxygen atoms in total. The molecule has 0 saturated carbocycles. The number of ether oxygens (including phenoxy) is 1. The van der Waals surface area contributed by atoms with Crippen LogP contribution in [0.25, 0.3) is 0 Å². The lowest BCUT2D eigenvalue weighted by Gasteiger charge is -2.34. The van der Waals surface area contributed by atoms with Crippen LogP contribution in [0, 0.1) is 15.5 Å². The van der Waals surface area contributed by atoms with Gasteiger partial charge < -0.3 is 4.74 Å². The van der Waals surface area contributed by atoms with Gasteiger partial charge in [-0.05, 0) is 11.1 Å². The van der Waals surface area contributed by atoms with Gasteiger partial charge in [-0.1, -0.05) is 91.0 Å². The molecule has 3 aliphatic rings. The zero-order valence-corrected chi connectivity index (χ0v) is 20.8. The molecule has 40 heavy (non-hydrogen) atoms. The summed E-state index contributed by atoms with van der Waals surface area (Å²) in [5.74, 6) is -4.03. The summed E-state index contributed by atoms with van der Waals surface area (Å²) in [7, 11) is 0. The topological polar surface area (TPSA) is 121 Å². The Hall–Kier alpha value is -5.08. The molecule has 0 unspecified atom stereocenters. The molecule has 0 amide bonds. The summed E-state index contributed by atoms with van der Waals surface area (Å²) in [5.41, 5.74) is -3.60. The van der Waals surface area contributed by atoms with Crippen LogP contribution < -0.4 is 0 Å². The van der Waals surface area contributed by atoms with E-state index in [9.17, 15) is 29.3 Å². The Balaban J connectivity index is 1.60. The Kier molecular flexibility index (Phi) is 4.92. The molecule has 194 valence electrons. The molecule has 2 aliphatic carbocycles. The van der Waals surface area contributed by atoms with E-state index in [4.69, 9.17) is 4.74 Å². The maximum atomic E-state index is 14.6. The van der Waals surface area contributed by atoms with Crippen LogP contribution in [0.4, 0.5) is 5.69 Å². The van der Waals surface area contributed by atoms with Crippen molar-refractivity contribution in [2.75, 3.05) is 0 Å². The van der Waals surface area contributed by atoms with Crippen molar-refractivity contribution in [2.24, 2.45) is 5.41 Å². The van der Waals surface area contributed by atoms with Crippen molar-refractivity contribution in [3.8, 4) is 0 Å². The largest absolute Gasteiger partial charge is 0.348 e. The zero-order chi connectivity index (χ0) is 27.8. The van der Waals surface area contributed by atoms with Crippen molar-refractivity contribution in [3.63, 3.8) is 0 Å². The van der Waals surface area contributed by atoms with Gasteiger partial charge in [0, 0.05) is 34.4 Å². The number of rotatable bonds is 3. The van der Waals surface area contributed by atoms with Crippen molar-refractivity contribution in [1.82, 2.24) is 0 Å². The molecule has 1 aliphatic heterocycles. The summed E-state index contributed by atoms with van der Waals surface area (Å²) in [6.45, 7) is 0. The predicted octanol–water partition coefficient (Wildman–Crippen LogP) is 5.33. The Morgan fingerprint density at radius 1 is 0.600 bits per heavy atom. The molecule has 0 N–H and O–H groups in total. The summed E-state index contributed by atoms with van der Waals surface area (Å²) in [4.78, 5) is 69.0. The Bertz CT molecular complexity index is 1740. The maximum absolute atomic E-state index is 14.6. The van der Waals surface area contributed by atoms with E-state index in [1.165, 1.54) is 48.5 Å². The molecule has 4 aromatic carbocycles. The van der Waals surface area contributed by atoms with Gasteiger partial charge in [-0.3, -0.25) is 29.3 Å². The standard InChI is InChI=1S/C32H19NO7/c34-26-21-13-4-5-14-22(21)27(35)31(26)25(19-11-8-12-20(17-19)33(38)39)32(40-30(31)18-9-2-1-3-10-18)28(36)23-15-6-7-16-24(23)29(32)37/h1-17,25,30H/t25-,30-/m1/s1. The van der Waals surface area contributed by atoms with E-state index in [1.807, 2.05) is 0 Å². The number of carbonyl (C=O) groups excluding carboxylic acids is 4. The third-order valence-corrected chi connectivity index (χ3v) is 8.35. The van der Waals surface area contributed by atoms with E-state index in [-0.39, 0.29) is 33.5 Å². The van der Waals surface area contributed by atoms with Crippen LogP contribution in [0.5, 0.6) is 0 Å². The zero-order valence-electron chi connectivity index (χ0n) is 20.8. The first-order valence-corrected chi connectivity index (χ1v) is 12.7. The lowest BCUT2D eigenvalue weighted by Crippen LogP contribution is -2.51. The monoisotopic (exact) mass is 529 g/mol. The lowest BCUT2D eigenvalue weighted by atomic mass is 9.60. The summed E-state index contributed by atoms with van der Waals surface area (Å²) >= 11 is 0. The Labute approximate surface area is 227 Å². The fraction of sp³-hybridized carbons (Fsp3) is 0.125. The van der Waals surface area contributed by atoms with Gasteiger partial charge in [-0.2, -0.15) is 0 Å². The van der Waals surface area contributed by atoms with E-state index >= 15 is 0 Å². The van der Waals surface area contributed by atoms with Crippen LogP contribution in [0.1, 0.15) is 64.6 Å². The molecule has 1 fully saturated rings. The molecule has 0 bridgehead atoms. The molecule has 0 aromatic heterocycles. The van der Waals surface area contributed by atoms with Gasteiger partial charge in [0.05, 0.1) is 10.8 Å². The van der Waals surface area contributed by atoms with Gasteiger partial charge in [0.15, 0.2) is 11.6 Å². The first kappa shape index (κ1) is 24.0. The smallest absolute Gasteiger partial charge is 0.269 e. The fourth-order valence-electron chi connectivity index (χ4n) is 6.77. The summed E-state index contributed by atoms with van der Waals surface area (Å²) < 4.78 is 6.57. The van der Waals surface area contributed by atoms with Gasteiger partial charge in [-0.25, -0.2) is 0 Å². The van der Waals surface area contributed by atoms with Crippen molar-refractivity contribution >= 4 is 28.8 Å². The second kappa shape index (κ2) is 8.21. The highest BCUT2D eigenvalue weighted by Crippen LogP contribution is 2.68. The molecule has 7 rings (SSSR count). The first-order valence-electron chi connectivity index (χ1n) is 12.7. The van der Waals surface area contributed by atoms with Gasteiger partial charge in [0.25, 0.3) is 5.69 Å². The number of ketones is 4. The van der Waals surface area contributed by atoms with Crippen LogP contribution in [0.3, 0.4) is 0 Å². The molecule has 1 heterocycles. The van der Waals surface area contributed by atoms with E-state index < -0.39 is 51.1 Å². The SMILES string of the molecule is O=C1c2ccccc2C(=O)C12O[C@H](c1ccccc1)C1(C(=O)c3ccccc3C1=O)[C@H]2c1cccc([N+](=O)[O-])c1. The summed E-state index contributed by atoms with van der Waals surface area (Å²) in [6.07, 6.45) is -1.33. The molecular weight excluding hydrogens is 510 g/mol. The number of hydrogen-bond donors (Lipinski definition) is 0. The Morgan fingerprint density at radius 2 is 1.07 bits per heavy atom. The number of benzene rings is 4. The van der Waals surface area contributed by atoms with Crippen LogP contribution in [-0.2, 0) is 4.74 Å². The molecule has 0 radical (unpaired) electrons. The van der Waals surface area contributed by atoms with Gasteiger partial charge in [-0.15, -0.1) is 0 Å². The first-order chi connectivity index (χ1) is 19.3. The van der Waals surface area contributed by atoms with E-state index in [1.54, 1.807) is 54.6 Å². The number of nitrogens with zero attached hydrogens (tertiary/aromatic N) is 1. The minimum Gasteiger partial charge on any atom is -0.348 e. The quantitative estimate of drug-likeness (QED) is 0.200. The average molecular weight is 530 g/mol. The number of hydrogen-bond acceptors (Lipinski definition) is 7. The molecular formula is C32H19NO7. The predicted molar refractivity (Wildman–Crippen MR) is 141 cm³/mol. The number of nitro benzene ring substituents is 1. The minimum absolute atomic E-state index is 0.113. The summed E-state index contributed by atoms with van der Waals surface area (Å²) in [6, 6.07) is 26.5. The number of carbonyl (C=O) groups is 4. The molecule has 4 aromatic rings. The third kappa shape index (κ3) is 2.78. The normalized spacial score (nSPS) is 21.7. The average Bonchev–Trinajstić information content (AvgIpc) is 3.52. The second-order valence-corrected chi connectivity index (χ2v) is 10.2. The van der Waals surface area contributed by atoms with E-state index in [2.05, 4.69) is 0 Å². The highest BCUT2D eigenvalue weighted by atomic mass is 16.6. The molecule has 1 saturated heterocycles. The highest BCUT2D eigenvalue weighted by molar-refractivity contribution is 6.37. The van der Waals surface area contributed by atoms with Gasteiger partial charge in [0.2, 0.25) is 17.2 Å². The minimum atomic E-state index is -2.30. The van der Waals surface area contributed by atoms with Crippen molar-refractivity contribution < 1.29 is 28.8 Å². The number of fused-ring (bicyclic) bond motifs is 2. The summed E-state index contributed by atoms with van der Waals surface area (Å²) in [5, 5.41) is 11.8. The van der Waals surface area contributed by atoms with Crippen molar-refractivity contribution in [2.45, 2.75) is 17.6 Å². The maximum Gasteiger partial charge on any atom is 0.269 e. The van der Waals surface area contributed by atoms with Crippen LogP contribution in [-0.4, -0.2) is 33.7 Å². The van der Waals surface area contributed by atoms with Crippen LogP contribution >= 0.6 is 0 Å². The van der Waals surface area contributed by atoms with Gasteiger partial charge in [0.1, 0.15) is 11.5 Å². The number of nitro groups is 1. The Morgan fingerprint density at radius 3 is 1.60 bits per heavy atom. The third-order valence-electron chi connectivity index (χ3n) is 8.35. The van der Waals surface area contributed by atoms with Crippen molar-refractivity contribution in [3.05, 3.63) is 147 Å². The molecule has 2 spiro atoms. The lowest BCUT2D eigenvalue weighted by molar-refractivity contribution is -0.384. The molecule has 8 heteroatoms. The molecule has 2 atom stereocenters. The van der Waals surface area contributed by atoms with E-state index in [0.717, 1.165) is 0 Å². The van der Waals surface area contributed by atoms with Crippen LogP contribution in [0.2, 0.25) is 0 Å². The number of Topliss-reactive ketones (excluding diaryl/α,β-unsaturated/α-hetero) is 4. The van der Waals surface area contributed by atoms with Crippen LogP contribution in [0.15, 0.2) is 103 Å². The highest BCUT2D eigenvalue weighted by Gasteiger charge is 2.79. The van der Waals surface area contributed by atoms with Gasteiger partial charge >= 0.3 is 0 Å². The number of non-ortho nitro benzene ring substituents is 1. The fourth-order valence-corrected chi connectivity index (χ4v) is 6.77. The van der Waals surface area contributed by atoms with E-state index in [0.29, 0.717) is 5.56 Å².